The topological polar surface area (TPSA) is 43.1 Å². The van der Waals surface area contributed by atoms with E-state index in [0.717, 1.165) is 21.8 Å². The highest BCUT2D eigenvalue weighted by Crippen LogP contribution is 2.26. The number of hydrogen-bond acceptors (Lipinski definition) is 3. The van der Waals surface area contributed by atoms with E-state index in [0.29, 0.717) is 0 Å². The molecule has 0 saturated carbocycles. The summed E-state index contributed by atoms with van der Waals surface area (Å²) in [7, 11) is 0. The predicted octanol–water partition coefficient (Wildman–Crippen LogP) is 3.15. The van der Waals surface area contributed by atoms with Gasteiger partial charge in [0.25, 0.3) is 0 Å². The molecule has 2 rings (SSSR count). The summed E-state index contributed by atoms with van der Waals surface area (Å²) in [6, 6.07) is 7.85. The van der Waals surface area contributed by atoms with Crippen LogP contribution in [0.2, 0.25) is 0 Å². The number of rotatable bonds is 2. The Balaban J connectivity index is 2.48. The van der Waals surface area contributed by atoms with Gasteiger partial charge < -0.3 is 0 Å². The molecule has 0 fully saturated rings. The number of hydrogen-bond donors (Lipinski definition) is 0. The van der Waals surface area contributed by atoms with Crippen molar-refractivity contribution in [1.29, 1.82) is 0 Å². The number of fused-ring (bicyclic) bond motifs is 1. The van der Waals surface area contributed by atoms with E-state index in [1.165, 1.54) is 6.08 Å². The molecule has 3 nitrogen and oxygen atoms in total. The van der Waals surface area contributed by atoms with Gasteiger partial charge in [-0.2, -0.15) is 0 Å². The molecule has 0 unspecified atom stereocenters. The monoisotopic (exact) mass is 205 g/mol. The Morgan fingerprint density at radius 1 is 1.36 bits per heavy atom. The number of thiophene rings is 1. The van der Waals surface area contributed by atoms with Gasteiger partial charge in [-0.05, 0) is 22.4 Å². The average Bonchev–Trinajstić information content (AvgIpc) is 2.58. The van der Waals surface area contributed by atoms with Crippen molar-refractivity contribution < 1.29 is 4.92 Å². The number of benzene rings is 1. The zero-order valence-corrected chi connectivity index (χ0v) is 8.03. The highest BCUT2D eigenvalue weighted by molar-refractivity contribution is 7.17. The van der Waals surface area contributed by atoms with Crippen LogP contribution in [0.25, 0.3) is 16.2 Å². The summed E-state index contributed by atoms with van der Waals surface area (Å²) in [5.74, 6) is 0. The van der Waals surface area contributed by atoms with Gasteiger partial charge >= 0.3 is 0 Å². The van der Waals surface area contributed by atoms with Crippen LogP contribution in [0, 0.1) is 10.1 Å². The minimum atomic E-state index is -0.452. The van der Waals surface area contributed by atoms with Gasteiger partial charge in [0.2, 0.25) is 6.20 Å². The highest BCUT2D eigenvalue weighted by atomic mass is 32.1. The van der Waals surface area contributed by atoms with Crippen LogP contribution in [-0.4, -0.2) is 4.92 Å². The lowest BCUT2D eigenvalue weighted by Crippen LogP contribution is -1.81. The van der Waals surface area contributed by atoms with Crippen molar-refractivity contribution >= 4 is 27.5 Å². The van der Waals surface area contributed by atoms with Crippen molar-refractivity contribution in [3.63, 3.8) is 0 Å². The summed E-state index contributed by atoms with van der Waals surface area (Å²) in [5.41, 5.74) is 0.905. The number of nitro groups is 1. The van der Waals surface area contributed by atoms with Gasteiger partial charge in [-0.3, -0.25) is 10.1 Å². The molecule has 0 spiro atoms. The van der Waals surface area contributed by atoms with Crippen LogP contribution < -0.4 is 0 Å². The van der Waals surface area contributed by atoms with E-state index in [2.05, 4.69) is 0 Å². The van der Waals surface area contributed by atoms with E-state index in [4.69, 9.17) is 0 Å². The predicted molar refractivity (Wildman–Crippen MR) is 57.9 cm³/mol. The van der Waals surface area contributed by atoms with E-state index in [9.17, 15) is 10.1 Å². The van der Waals surface area contributed by atoms with Gasteiger partial charge in [0.05, 0.1) is 4.92 Å². The van der Waals surface area contributed by atoms with Crippen LogP contribution in [0.5, 0.6) is 0 Å². The molecule has 0 N–H and O–H groups in total. The van der Waals surface area contributed by atoms with E-state index >= 15 is 0 Å². The van der Waals surface area contributed by atoms with Crippen LogP contribution in [0.3, 0.4) is 0 Å². The molecule has 1 heterocycles. The molecule has 4 heteroatoms. The van der Waals surface area contributed by atoms with Crippen molar-refractivity contribution in [1.82, 2.24) is 0 Å². The van der Waals surface area contributed by atoms with Gasteiger partial charge in [0.1, 0.15) is 0 Å². The van der Waals surface area contributed by atoms with Crippen molar-refractivity contribution in [2.75, 3.05) is 0 Å². The van der Waals surface area contributed by atoms with Crippen LogP contribution in [0.4, 0.5) is 0 Å². The normalized spacial score (nSPS) is 11.1. The minimum Gasteiger partial charge on any atom is -0.259 e. The maximum absolute atomic E-state index is 10.2. The Morgan fingerprint density at radius 3 is 2.93 bits per heavy atom. The van der Waals surface area contributed by atoms with Crippen LogP contribution in [0.1, 0.15) is 5.56 Å². The van der Waals surface area contributed by atoms with E-state index in [-0.39, 0.29) is 0 Å². The summed E-state index contributed by atoms with van der Waals surface area (Å²) in [5, 5.41) is 13.1. The molecule has 0 atom stereocenters. The lowest BCUT2D eigenvalue weighted by Gasteiger charge is -1.88. The SMILES string of the molecule is O=[N+]([O-])/C=C\c1csc2ccccc12. The highest BCUT2D eigenvalue weighted by Gasteiger charge is 2.00. The lowest BCUT2D eigenvalue weighted by atomic mass is 10.2. The van der Waals surface area contributed by atoms with Crippen LogP contribution >= 0.6 is 11.3 Å². The smallest absolute Gasteiger partial charge is 0.235 e. The molecule has 0 amide bonds. The van der Waals surface area contributed by atoms with Gasteiger partial charge in [-0.25, -0.2) is 0 Å². The molecule has 1 aromatic carbocycles. The quantitative estimate of drug-likeness (QED) is 0.558. The van der Waals surface area contributed by atoms with E-state index in [1.807, 2.05) is 29.6 Å². The molecular weight excluding hydrogens is 198 g/mol. The fourth-order valence-electron chi connectivity index (χ4n) is 1.27. The zero-order valence-electron chi connectivity index (χ0n) is 7.21. The summed E-state index contributed by atoms with van der Waals surface area (Å²) >= 11 is 1.59. The molecule has 1 aromatic heterocycles. The van der Waals surface area contributed by atoms with Crippen molar-refractivity contribution in [3.05, 3.63) is 51.5 Å². The second kappa shape index (κ2) is 3.59. The second-order valence-corrected chi connectivity index (χ2v) is 3.70. The average molecular weight is 205 g/mol. The molecule has 0 aliphatic carbocycles. The van der Waals surface area contributed by atoms with E-state index in [1.54, 1.807) is 11.3 Å². The molecule has 70 valence electrons. The minimum absolute atomic E-state index is 0.452. The Kier molecular flexibility index (Phi) is 2.28. The van der Waals surface area contributed by atoms with Gasteiger partial charge in [0.15, 0.2) is 0 Å². The summed E-state index contributed by atoms with van der Waals surface area (Å²) in [6.07, 6.45) is 2.49. The molecule has 0 saturated heterocycles. The van der Waals surface area contributed by atoms with E-state index < -0.39 is 4.92 Å². The molecule has 2 aromatic rings. The third-order valence-electron chi connectivity index (χ3n) is 1.89. The van der Waals surface area contributed by atoms with Crippen molar-refractivity contribution in [2.24, 2.45) is 0 Å². The van der Waals surface area contributed by atoms with Gasteiger partial charge in [-0.1, -0.05) is 18.2 Å². The summed E-state index contributed by atoms with van der Waals surface area (Å²) < 4.78 is 1.15. The van der Waals surface area contributed by atoms with Crippen LogP contribution in [0.15, 0.2) is 35.8 Å². The molecule has 0 aliphatic heterocycles. The first-order valence-electron chi connectivity index (χ1n) is 4.05. The third-order valence-corrected chi connectivity index (χ3v) is 2.87. The zero-order chi connectivity index (χ0) is 9.97. The summed E-state index contributed by atoms with van der Waals surface area (Å²) in [4.78, 5) is 9.70. The van der Waals surface area contributed by atoms with Crippen LogP contribution in [-0.2, 0) is 0 Å². The first kappa shape index (κ1) is 8.90. The Hall–Kier alpha value is -1.68. The van der Waals surface area contributed by atoms with Crippen molar-refractivity contribution in [3.8, 4) is 0 Å². The molecular formula is C10H7NO2S. The Bertz CT molecular complexity index is 502. The van der Waals surface area contributed by atoms with Gasteiger partial charge in [-0.15, -0.1) is 11.3 Å². The second-order valence-electron chi connectivity index (χ2n) is 2.79. The molecule has 0 bridgehead atoms. The molecule has 0 radical (unpaired) electrons. The Labute approximate surface area is 84.4 Å². The van der Waals surface area contributed by atoms with Gasteiger partial charge in [0, 0.05) is 10.8 Å². The fourth-order valence-corrected chi connectivity index (χ4v) is 2.20. The van der Waals surface area contributed by atoms with Crippen molar-refractivity contribution in [2.45, 2.75) is 0 Å². The standard InChI is InChI=1S/C10H7NO2S/c12-11(13)6-5-8-7-14-10-4-2-1-3-9(8)10/h1-7H/b6-5-. The fraction of sp³-hybridized carbons (Fsp3) is 0. The maximum atomic E-state index is 10.2. The lowest BCUT2D eigenvalue weighted by molar-refractivity contribution is -0.400. The third kappa shape index (κ3) is 1.65. The molecule has 0 aliphatic rings. The summed E-state index contributed by atoms with van der Waals surface area (Å²) in [6.45, 7) is 0. The Morgan fingerprint density at radius 2 is 2.14 bits per heavy atom. The number of nitrogens with zero attached hydrogens (tertiary/aromatic N) is 1. The first-order valence-corrected chi connectivity index (χ1v) is 4.93. The largest absolute Gasteiger partial charge is 0.259 e. The molecule has 14 heavy (non-hydrogen) atoms. The maximum Gasteiger partial charge on any atom is 0.235 e. The first-order chi connectivity index (χ1) is 6.77.